The van der Waals surface area contributed by atoms with Gasteiger partial charge in [0.25, 0.3) is 5.91 Å². The summed E-state index contributed by atoms with van der Waals surface area (Å²) in [6.07, 6.45) is 5.13. The topological polar surface area (TPSA) is 74.0 Å². The Bertz CT molecular complexity index is 1240. The van der Waals surface area contributed by atoms with Gasteiger partial charge in [-0.1, -0.05) is 35.9 Å². The van der Waals surface area contributed by atoms with Crippen LogP contribution in [0.15, 0.2) is 61.1 Å². The number of amides is 1. The lowest BCUT2D eigenvalue weighted by Gasteiger charge is -2.10. The molecule has 1 N–H and O–H groups in total. The van der Waals surface area contributed by atoms with E-state index in [-0.39, 0.29) is 12.6 Å². The highest BCUT2D eigenvalue weighted by atomic mass is 35.5. The Morgan fingerprint density at radius 1 is 1.06 bits per heavy atom. The average Bonchev–Trinajstić information content (AvgIpc) is 3.42. The second-order valence-electron chi connectivity index (χ2n) is 7.69. The summed E-state index contributed by atoms with van der Waals surface area (Å²) in [6, 6.07) is 13.5. The first kappa shape index (κ1) is 21.6. The largest absolute Gasteiger partial charge is 0.471 e. The van der Waals surface area contributed by atoms with Crippen LogP contribution in [0.5, 0.6) is 5.75 Å². The zero-order chi connectivity index (χ0) is 22.7. The smallest absolute Gasteiger partial charge is 0.276 e. The highest BCUT2D eigenvalue weighted by Gasteiger charge is 2.12. The highest BCUT2D eigenvalue weighted by molar-refractivity contribution is 6.32. The van der Waals surface area contributed by atoms with E-state index >= 15 is 0 Å². The van der Waals surface area contributed by atoms with Gasteiger partial charge in [0.2, 0.25) is 0 Å². The molecule has 7 nitrogen and oxygen atoms in total. The van der Waals surface area contributed by atoms with Crippen molar-refractivity contribution in [1.29, 1.82) is 0 Å². The number of nitrogens with one attached hydrogen (secondary N) is 1. The first-order chi connectivity index (χ1) is 15.4. The van der Waals surface area contributed by atoms with E-state index in [4.69, 9.17) is 16.3 Å². The molecule has 32 heavy (non-hydrogen) atoms. The van der Waals surface area contributed by atoms with Crippen molar-refractivity contribution >= 4 is 23.2 Å². The second kappa shape index (κ2) is 9.28. The molecule has 2 aromatic heterocycles. The molecule has 8 heteroatoms. The monoisotopic (exact) mass is 449 g/mol. The molecule has 0 bridgehead atoms. The lowest BCUT2D eigenvalue weighted by atomic mass is 10.1. The first-order valence-corrected chi connectivity index (χ1v) is 10.6. The molecule has 0 saturated carbocycles. The van der Waals surface area contributed by atoms with E-state index in [1.807, 2.05) is 38.1 Å². The number of hydrogen-bond acceptors (Lipinski definition) is 4. The minimum Gasteiger partial charge on any atom is -0.471 e. The fourth-order valence-corrected chi connectivity index (χ4v) is 3.47. The van der Waals surface area contributed by atoms with Gasteiger partial charge in [-0.3, -0.25) is 9.48 Å². The predicted octanol–water partition coefficient (Wildman–Crippen LogP) is 5.00. The van der Waals surface area contributed by atoms with Crippen molar-refractivity contribution in [2.24, 2.45) is 0 Å². The summed E-state index contributed by atoms with van der Waals surface area (Å²) >= 11 is 6.20. The van der Waals surface area contributed by atoms with Crippen LogP contribution in [0.1, 0.15) is 32.7 Å². The lowest BCUT2D eigenvalue weighted by molar-refractivity contribution is 0.102. The van der Waals surface area contributed by atoms with Crippen LogP contribution in [-0.4, -0.2) is 25.5 Å². The first-order valence-electron chi connectivity index (χ1n) is 10.2. The lowest BCUT2D eigenvalue weighted by Crippen LogP contribution is -2.14. The fourth-order valence-electron chi connectivity index (χ4n) is 3.36. The van der Waals surface area contributed by atoms with Crippen LogP contribution in [0.2, 0.25) is 5.02 Å². The molecule has 2 aromatic carbocycles. The summed E-state index contributed by atoms with van der Waals surface area (Å²) in [4.78, 5) is 12.6. The molecule has 1 amide bonds. The van der Waals surface area contributed by atoms with Crippen LogP contribution in [0.25, 0.3) is 0 Å². The van der Waals surface area contributed by atoms with Crippen molar-refractivity contribution in [2.45, 2.75) is 34.0 Å². The van der Waals surface area contributed by atoms with Gasteiger partial charge in [-0.2, -0.15) is 10.2 Å². The number of halogens is 1. The van der Waals surface area contributed by atoms with E-state index in [2.05, 4.69) is 34.6 Å². The van der Waals surface area contributed by atoms with Gasteiger partial charge >= 0.3 is 0 Å². The van der Waals surface area contributed by atoms with Crippen molar-refractivity contribution < 1.29 is 9.53 Å². The quantitative estimate of drug-likeness (QED) is 0.431. The minimum absolute atomic E-state index is 0.183. The summed E-state index contributed by atoms with van der Waals surface area (Å²) in [7, 11) is 0. The van der Waals surface area contributed by atoms with Gasteiger partial charge in [-0.25, -0.2) is 4.68 Å². The standard InChI is InChI=1S/C24H24ClN5O2/c1-16-6-4-5-7-19(16)13-30-14-20(12-26-30)27-24(31)22-8-9-29(28-22)15-32-21-10-17(2)23(25)18(3)11-21/h4-12,14H,13,15H2,1-3H3,(H,27,31). The van der Waals surface area contributed by atoms with Gasteiger partial charge in [0.1, 0.15) is 5.75 Å². The van der Waals surface area contributed by atoms with Gasteiger partial charge in [-0.05, 0) is 61.2 Å². The third-order valence-electron chi connectivity index (χ3n) is 5.13. The fraction of sp³-hybridized carbons (Fsp3) is 0.208. The summed E-state index contributed by atoms with van der Waals surface area (Å²) in [5.41, 5.74) is 5.18. The van der Waals surface area contributed by atoms with Crippen LogP contribution >= 0.6 is 11.6 Å². The molecule has 164 valence electrons. The number of aryl methyl sites for hydroxylation is 3. The van der Waals surface area contributed by atoms with Gasteiger partial charge in [0.15, 0.2) is 12.4 Å². The Kier molecular flexibility index (Phi) is 6.28. The van der Waals surface area contributed by atoms with Crippen LogP contribution < -0.4 is 10.1 Å². The van der Waals surface area contributed by atoms with Crippen LogP contribution in [0, 0.1) is 20.8 Å². The van der Waals surface area contributed by atoms with E-state index in [1.165, 1.54) is 11.1 Å². The molecular weight excluding hydrogens is 426 g/mol. The van der Waals surface area contributed by atoms with Crippen molar-refractivity contribution in [1.82, 2.24) is 19.6 Å². The Morgan fingerprint density at radius 3 is 2.56 bits per heavy atom. The maximum absolute atomic E-state index is 12.6. The van der Waals surface area contributed by atoms with Gasteiger partial charge in [0.05, 0.1) is 18.4 Å². The van der Waals surface area contributed by atoms with Crippen molar-refractivity contribution in [3.63, 3.8) is 0 Å². The van der Waals surface area contributed by atoms with Crippen molar-refractivity contribution in [3.8, 4) is 5.75 Å². The molecule has 0 aliphatic rings. The van der Waals surface area contributed by atoms with Crippen LogP contribution in [-0.2, 0) is 13.3 Å². The van der Waals surface area contributed by atoms with Crippen LogP contribution in [0.3, 0.4) is 0 Å². The molecule has 0 saturated heterocycles. The zero-order valence-corrected chi connectivity index (χ0v) is 18.9. The molecular formula is C24H24ClN5O2. The molecule has 0 aliphatic carbocycles. The number of carbonyl (C=O) groups is 1. The number of hydrogen-bond donors (Lipinski definition) is 1. The van der Waals surface area contributed by atoms with E-state index < -0.39 is 0 Å². The molecule has 0 aliphatic heterocycles. The maximum atomic E-state index is 12.6. The summed E-state index contributed by atoms with van der Waals surface area (Å²) in [5.74, 6) is 0.393. The Hall–Kier alpha value is -3.58. The third-order valence-corrected chi connectivity index (χ3v) is 5.73. The minimum atomic E-state index is -0.308. The summed E-state index contributed by atoms with van der Waals surface area (Å²) in [5, 5.41) is 12.2. The number of carbonyl (C=O) groups excluding carboxylic acids is 1. The number of nitrogens with zero attached hydrogens (tertiary/aromatic N) is 4. The molecule has 0 atom stereocenters. The Labute approximate surface area is 191 Å². The zero-order valence-electron chi connectivity index (χ0n) is 18.2. The average molecular weight is 450 g/mol. The van der Waals surface area contributed by atoms with Crippen molar-refractivity contribution in [2.75, 3.05) is 5.32 Å². The third kappa shape index (κ3) is 5.00. The molecule has 0 spiro atoms. The number of ether oxygens (including phenoxy) is 1. The second-order valence-corrected chi connectivity index (χ2v) is 8.07. The van der Waals surface area contributed by atoms with E-state index in [0.717, 1.165) is 16.1 Å². The van der Waals surface area contributed by atoms with E-state index in [9.17, 15) is 4.79 Å². The molecule has 4 aromatic rings. The molecule has 2 heterocycles. The Morgan fingerprint density at radius 2 is 1.81 bits per heavy atom. The number of benzene rings is 2. The molecule has 0 unspecified atom stereocenters. The van der Waals surface area contributed by atoms with Crippen molar-refractivity contribution in [3.05, 3.63) is 94.0 Å². The number of anilines is 1. The van der Waals surface area contributed by atoms with Gasteiger partial charge in [0, 0.05) is 17.4 Å². The Balaban J connectivity index is 1.35. The van der Waals surface area contributed by atoms with E-state index in [0.29, 0.717) is 23.7 Å². The van der Waals surface area contributed by atoms with E-state index in [1.54, 1.807) is 34.0 Å². The SMILES string of the molecule is Cc1ccccc1Cn1cc(NC(=O)c2ccn(COc3cc(C)c(Cl)c(C)c3)n2)cn1. The molecule has 0 radical (unpaired) electrons. The van der Waals surface area contributed by atoms with Gasteiger partial charge < -0.3 is 10.1 Å². The number of aromatic nitrogens is 4. The predicted molar refractivity (Wildman–Crippen MR) is 124 cm³/mol. The summed E-state index contributed by atoms with van der Waals surface area (Å²) < 4.78 is 9.14. The maximum Gasteiger partial charge on any atom is 0.276 e. The summed E-state index contributed by atoms with van der Waals surface area (Å²) in [6.45, 7) is 6.75. The highest BCUT2D eigenvalue weighted by Crippen LogP contribution is 2.26. The molecule has 0 fully saturated rings. The van der Waals surface area contributed by atoms with Crippen LogP contribution in [0.4, 0.5) is 5.69 Å². The number of rotatable bonds is 7. The normalized spacial score (nSPS) is 10.9. The molecule has 4 rings (SSSR count). The van der Waals surface area contributed by atoms with Gasteiger partial charge in [-0.15, -0.1) is 0 Å².